The second kappa shape index (κ2) is 5.58. The molecule has 0 saturated carbocycles. The van der Waals surface area contributed by atoms with Gasteiger partial charge in [0.1, 0.15) is 0 Å². The quantitative estimate of drug-likeness (QED) is 0.371. The molecule has 0 aromatic heterocycles. The van der Waals surface area contributed by atoms with E-state index < -0.39 is 0 Å². The van der Waals surface area contributed by atoms with E-state index in [1.807, 2.05) is 0 Å². The maximum absolute atomic E-state index is 3.66. The van der Waals surface area contributed by atoms with Gasteiger partial charge in [-0.05, 0) is 45.2 Å². The van der Waals surface area contributed by atoms with E-state index >= 15 is 0 Å². The van der Waals surface area contributed by atoms with Crippen LogP contribution in [0.2, 0.25) is 0 Å². The lowest BCUT2D eigenvalue weighted by Crippen LogP contribution is -1.91. The first-order valence-corrected chi connectivity index (χ1v) is 8.25. The number of hydrogen-bond donors (Lipinski definition) is 0. The Bertz CT molecular complexity index is 970. The maximum Gasteiger partial charge on any atom is 0.0210 e. The molecule has 4 rings (SSSR count). The SMILES string of the molecule is Brc1ccccc1Cc1cccc2c1ccc1ccccc12. The van der Waals surface area contributed by atoms with Crippen molar-refractivity contribution in [3.8, 4) is 0 Å². The van der Waals surface area contributed by atoms with E-state index in [1.165, 1.54) is 37.1 Å². The molecule has 0 heterocycles. The Morgan fingerprint density at radius 1 is 0.545 bits per heavy atom. The minimum absolute atomic E-state index is 0.942. The van der Waals surface area contributed by atoms with Crippen LogP contribution in [0.25, 0.3) is 21.5 Å². The van der Waals surface area contributed by atoms with Crippen molar-refractivity contribution < 1.29 is 0 Å². The average Bonchev–Trinajstić information content (AvgIpc) is 2.57. The normalized spacial score (nSPS) is 11.1. The van der Waals surface area contributed by atoms with Crippen molar-refractivity contribution in [3.63, 3.8) is 0 Å². The van der Waals surface area contributed by atoms with Gasteiger partial charge in [0.2, 0.25) is 0 Å². The van der Waals surface area contributed by atoms with Crippen molar-refractivity contribution in [2.75, 3.05) is 0 Å². The molecule has 0 aliphatic rings. The molecule has 106 valence electrons. The van der Waals surface area contributed by atoms with E-state index in [1.54, 1.807) is 0 Å². The van der Waals surface area contributed by atoms with Crippen LogP contribution in [-0.2, 0) is 6.42 Å². The van der Waals surface area contributed by atoms with Crippen LogP contribution in [0.4, 0.5) is 0 Å². The summed E-state index contributed by atoms with van der Waals surface area (Å²) in [6, 6.07) is 28.1. The fourth-order valence-electron chi connectivity index (χ4n) is 3.11. The number of halogens is 1. The number of rotatable bonds is 2. The zero-order valence-corrected chi connectivity index (χ0v) is 13.7. The molecular weight excluding hydrogens is 332 g/mol. The highest BCUT2D eigenvalue weighted by Gasteiger charge is 2.06. The predicted molar refractivity (Wildman–Crippen MR) is 98.4 cm³/mol. The highest BCUT2D eigenvalue weighted by Crippen LogP contribution is 2.29. The summed E-state index contributed by atoms with van der Waals surface area (Å²) in [6.45, 7) is 0. The van der Waals surface area contributed by atoms with Gasteiger partial charge < -0.3 is 0 Å². The summed E-state index contributed by atoms with van der Waals surface area (Å²) in [6.07, 6.45) is 0.942. The minimum Gasteiger partial charge on any atom is -0.0619 e. The molecule has 4 aromatic carbocycles. The molecule has 0 spiro atoms. The zero-order valence-electron chi connectivity index (χ0n) is 12.1. The second-order valence-electron chi connectivity index (χ2n) is 5.57. The van der Waals surface area contributed by atoms with E-state index in [9.17, 15) is 0 Å². The molecule has 0 radical (unpaired) electrons. The molecule has 0 aliphatic heterocycles. The van der Waals surface area contributed by atoms with Crippen LogP contribution in [-0.4, -0.2) is 0 Å². The summed E-state index contributed by atoms with van der Waals surface area (Å²) in [5.74, 6) is 0. The standard InChI is InChI=1S/C21H15Br/c22-21-11-4-2-7-17(21)14-16-8-5-10-20-18-9-3-1-6-15(18)12-13-19(16)20/h1-13H,14H2. The first kappa shape index (κ1) is 13.5. The topological polar surface area (TPSA) is 0 Å². The van der Waals surface area contributed by atoms with Gasteiger partial charge in [0, 0.05) is 4.47 Å². The molecule has 0 unspecified atom stereocenters. The molecule has 0 fully saturated rings. The second-order valence-corrected chi connectivity index (χ2v) is 6.42. The molecule has 0 saturated heterocycles. The van der Waals surface area contributed by atoms with Crippen LogP contribution in [0, 0.1) is 0 Å². The summed E-state index contributed by atoms with van der Waals surface area (Å²) in [4.78, 5) is 0. The summed E-state index contributed by atoms with van der Waals surface area (Å²) in [7, 11) is 0. The van der Waals surface area contributed by atoms with Crippen LogP contribution in [0.3, 0.4) is 0 Å². The van der Waals surface area contributed by atoms with E-state index in [0.29, 0.717) is 0 Å². The van der Waals surface area contributed by atoms with Gasteiger partial charge in [0.25, 0.3) is 0 Å². The molecule has 22 heavy (non-hydrogen) atoms. The van der Waals surface area contributed by atoms with Crippen molar-refractivity contribution >= 4 is 37.5 Å². The lowest BCUT2D eigenvalue weighted by atomic mass is 9.95. The van der Waals surface area contributed by atoms with E-state index in [-0.39, 0.29) is 0 Å². The van der Waals surface area contributed by atoms with Crippen molar-refractivity contribution in [2.45, 2.75) is 6.42 Å². The van der Waals surface area contributed by atoms with Crippen molar-refractivity contribution in [1.82, 2.24) is 0 Å². The third-order valence-corrected chi connectivity index (χ3v) is 4.99. The van der Waals surface area contributed by atoms with Crippen LogP contribution in [0.1, 0.15) is 11.1 Å². The van der Waals surface area contributed by atoms with E-state index in [4.69, 9.17) is 0 Å². The number of benzene rings is 4. The zero-order chi connectivity index (χ0) is 14.9. The smallest absolute Gasteiger partial charge is 0.0210 e. The van der Waals surface area contributed by atoms with Gasteiger partial charge >= 0.3 is 0 Å². The van der Waals surface area contributed by atoms with Crippen molar-refractivity contribution in [1.29, 1.82) is 0 Å². The first-order chi connectivity index (χ1) is 10.8. The summed E-state index contributed by atoms with van der Waals surface area (Å²) < 4.78 is 1.17. The van der Waals surface area contributed by atoms with Gasteiger partial charge in [-0.25, -0.2) is 0 Å². The van der Waals surface area contributed by atoms with Crippen LogP contribution in [0.15, 0.2) is 83.3 Å². The van der Waals surface area contributed by atoms with Gasteiger partial charge in [-0.2, -0.15) is 0 Å². The molecular formula is C21H15Br. The Morgan fingerprint density at radius 3 is 2.18 bits per heavy atom. The largest absolute Gasteiger partial charge is 0.0619 e. The predicted octanol–water partition coefficient (Wildman–Crippen LogP) is 6.35. The summed E-state index contributed by atoms with van der Waals surface area (Å²) >= 11 is 3.66. The van der Waals surface area contributed by atoms with E-state index in [2.05, 4.69) is 94.8 Å². The molecule has 0 aliphatic carbocycles. The molecule has 0 N–H and O–H groups in total. The molecule has 0 amide bonds. The van der Waals surface area contributed by atoms with Crippen molar-refractivity contribution in [2.24, 2.45) is 0 Å². The maximum atomic E-state index is 3.66. The Balaban J connectivity index is 1.92. The lowest BCUT2D eigenvalue weighted by molar-refractivity contribution is 1.20. The lowest BCUT2D eigenvalue weighted by Gasteiger charge is -2.10. The molecule has 0 bridgehead atoms. The van der Waals surface area contributed by atoms with Crippen LogP contribution in [0.5, 0.6) is 0 Å². The molecule has 1 heteroatoms. The highest BCUT2D eigenvalue weighted by molar-refractivity contribution is 9.10. The number of hydrogen-bond acceptors (Lipinski definition) is 0. The molecule has 0 nitrogen and oxygen atoms in total. The first-order valence-electron chi connectivity index (χ1n) is 7.46. The Labute approximate surface area is 138 Å². The molecule has 0 atom stereocenters. The Hall–Kier alpha value is -2.12. The van der Waals surface area contributed by atoms with Gasteiger partial charge in [0.15, 0.2) is 0 Å². The fraction of sp³-hybridized carbons (Fsp3) is 0.0476. The van der Waals surface area contributed by atoms with Crippen LogP contribution >= 0.6 is 15.9 Å². The van der Waals surface area contributed by atoms with E-state index in [0.717, 1.165) is 6.42 Å². The molecule has 4 aromatic rings. The van der Waals surface area contributed by atoms with Gasteiger partial charge in [0.05, 0.1) is 0 Å². The minimum atomic E-state index is 0.942. The summed E-state index contributed by atoms with van der Waals surface area (Å²) in [5.41, 5.74) is 2.69. The highest BCUT2D eigenvalue weighted by atomic mass is 79.9. The monoisotopic (exact) mass is 346 g/mol. The summed E-state index contributed by atoms with van der Waals surface area (Å²) in [5, 5.41) is 5.31. The van der Waals surface area contributed by atoms with Gasteiger partial charge in [-0.3, -0.25) is 0 Å². The van der Waals surface area contributed by atoms with Crippen molar-refractivity contribution in [3.05, 3.63) is 94.5 Å². The Morgan fingerprint density at radius 2 is 1.27 bits per heavy atom. The van der Waals surface area contributed by atoms with Crippen LogP contribution < -0.4 is 0 Å². The number of fused-ring (bicyclic) bond motifs is 3. The average molecular weight is 347 g/mol. The van der Waals surface area contributed by atoms with Gasteiger partial charge in [-0.1, -0.05) is 88.7 Å². The van der Waals surface area contributed by atoms with Gasteiger partial charge in [-0.15, -0.1) is 0 Å². The fourth-order valence-corrected chi connectivity index (χ4v) is 3.53. The Kier molecular flexibility index (Phi) is 3.44. The third kappa shape index (κ3) is 2.32. The third-order valence-electron chi connectivity index (χ3n) is 4.22.